The van der Waals surface area contributed by atoms with Gasteiger partial charge in [0.05, 0.1) is 11.0 Å². The predicted molar refractivity (Wildman–Crippen MR) is 85.3 cm³/mol. The molecule has 5 heteroatoms. The van der Waals surface area contributed by atoms with Gasteiger partial charge in [-0.2, -0.15) is 0 Å². The van der Waals surface area contributed by atoms with E-state index in [2.05, 4.69) is 40.1 Å². The van der Waals surface area contributed by atoms with Gasteiger partial charge in [0.15, 0.2) is 0 Å². The Kier molecular flexibility index (Phi) is 4.83. The fourth-order valence-corrected chi connectivity index (χ4v) is 2.37. The van der Waals surface area contributed by atoms with E-state index in [1.807, 2.05) is 26.1 Å². The summed E-state index contributed by atoms with van der Waals surface area (Å²) in [7, 11) is 2.04. The van der Waals surface area contributed by atoms with Gasteiger partial charge < -0.3 is 15.2 Å². The summed E-state index contributed by atoms with van der Waals surface area (Å²) in [6, 6.07) is 6.02. The second-order valence-electron chi connectivity index (χ2n) is 5.62. The summed E-state index contributed by atoms with van der Waals surface area (Å²) in [4.78, 5) is 16.2. The number of urea groups is 1. The summed E-state index contributed by atoms with van der Waals surface area (Å²) >= 11 is 0. The van der Waals surface area contributed by atoms with Gasteiger partial charge in [-0.05, 0) is 24.1 Å². The molecule has 1 aromatic carbocycles. The lowest BCUT2D eigenvalue weighted by Crippen LogP contribution is -2.35. The highest BCUT2D eigenvalue weighted by Gasteiger charge is 2.11. The lowest BCUT2D eigenvalue weighted by molar-refractivity contribution is 0.240. The highest BCUT2D eigenvalue weighted by molar-refractivity contribution is 5.77. The number of amides is 2. The number of hydrogen-bond donors (Lipinski definition) is 2. The molecule has 2 amide bonds. The van der Waals surface area contributed by atoms with Crippen LogP contribution in [-0.2, 0) is 13.6 Å². The van der Waals surface area contributed by atoms with Crippen molar-refractivity contribution in [2.24, 2.45) is 7.05 Å². The van der Waals surface area contributed by atoms with Crippen molar-refractivity contribution in [3.05, 3.63) is 29.6 Å². The minimum Gasteiger partial charge on any atom is -0.338 e. The highest BCUT2D eigenvalue weighted by atomic mass is 16.2. The zero-order valence-corrected chi connectivity index (χ0v) is 13.2. The SMILES string of the molecule is CCCNC(=O)NCc1ccc2c(c1)nc(C(C)C)n2C. The van der Waals surface area contributed by atoms with E-state index >= 15 is 0 Å². The Bertz CT molecular complexity index is 630. The molecular formula is C16H24N4O. The van der Waals surface area contributed by atoms with Gasteiger partial charge in [0.25, 0.3) is 0 Å². The van der Waals surface area contributed by atoms with Crippen molar-refractivity contribution in [2.75, 3.05) is 6.54 Å². The second-order valence-corrected chi connectivity index (χ2v) is 5.62. The van der Waals surface area contributed by atoms with Crippen molar-refractivity contribution in [1.82, 2.24) is 20.2 Å². The summed E-state index contributed by atoms with van der Waals surface area (Å²) in [5.74, 6) is 1.47. The number of fused-ring (bicyclic) bond motifs is 1. The lowest BCUT2D eigenvalue weighted by Gasteiger charge is -2.07. The van der Waals surface area contributed by atoms with Gasteiger partial charge in [-0.3, -0.25) is 0 Å². The highest BCUT2D eigenvalue weighted by Crippen LogP contribution is 2.21. The summed E-state index contributed by atoms with van der Waals surface area (Å²) in [5, 5.41) is 5.66. The Morgan fingerprint density at radius 3 is 2.76 bits per heavy atom. The summed E-state index contributed by atoms with van der Waals surface area (Å²) < 4.78 is 2.13. The smallest absolute Gasteiger partial charge is 0.315 e. The molecule has 1 aromatic heterocycles. The van der Waals surface area contributed by atoms with Crippen LogP contribution >= 0.6 is 0 Å². The van der Waals surface area contributed by atoms with Gasteiger partial charge in [-0.25, -0.2) is 9.78 Å². The topological polar surface area (TPSA) is 59.0 Å². The van der Waals surface area contributed by atoms with E-state index in [9.17, 15) is 4.79 Å². The number of aryl methyl sites for hydroxylation is 1. The van der Waals surface area contributed by atoms with Gasteiger partial charge in [-0.1, -0.05) is 26.8 Å². The molecule has 5 nitrogen and oxygen atoms in total. The number of carbonyl (C=O) groups excluding carboxylic acids is 1. The number of nitrogens with zero attached hydrogens (tertiary/aromatic N) is 2. The Labute approximate surface area is 125 Å². The lowest BCUT2D eigenvalue weighted by atomic mass is 10.2. The third-order valence-corrected chi connectivity index (χ3v) is 3.48. The quantitative estimate of drug-likeness (QED) is 0.888. The van der Waals surface area contributed by atoms with Gasteiger partial charge >= 0.3 is 6.03 Å². The maximum atomic E-state index is 11.5. The minimum absolute atomic E-state index is 0.124. The molecule has 2 N–H and O–H groups in total. The maximum Gasteiger partial charge on any atom is 0.315 e. The number of rotatable bonds is 5. The van der Waals surface area contributed by atoms with E-state index in [1.54, 1.807) is 0 Å². The fourth-order valence-electron chi connectivity index (χ4n) is 2.37. The van der Waals surface area contributed by atoms with Crippen LogP contribution in [0.15, 0.2) is 18.2 Å². The first-order valence-electron chi connectivity index (χ1n) is 7.49. The number of aromatic nitrogens is 2. The molecule has 2 aromatic rings. The monoisotopic (exact) mass is 288 g/mol. The molecule has 0 aliphatic rings. The third kappa shape index (κ3) is 3.54. The minimum atomic E-state index is -0.124. The molecule has 21 heavy (non-hydrogen) atoms. The Morgan fingerprint density at radius 1 is 1.33 bits per heavy atom. The molecule has 0 aliphatic carbocycles. The van der Waals surface area contributed by atoms with Gasteiger partial charge in [0, 0.05) is 26.1 Å². The molecule has 0 radical (unpaired) electrons. The normalized spacial score (nSPS) is 11.1. The second kappa shape index (κ2) is 6.61. The fraction of sp³-hybridized carbons (Fsp3) is 0.500. The van der Waals surface area contributed by atoms with Crippen LogP contribution in [0.5, 0.6) is 0 Å². The van der Waals surface area contributed by atoms with Crippen molar-refractivity contribution in [3.8, 4) is 0 Å². The standard InChI is InChI=1S/C16H24N4O/c1-5-8-17-16(21)18-10-12-6-7-14-13(9-12)19-15(11(2)3)20(14)4/h6-7,9,11H,5,8,10H2,1-4H3,(H2,17,18,21). The molecule has 0 bridgehead atoms. The van der Waals surface area contributed by atoms with Gasteiger partial charge in [0.2, 0.25) is 0 Å². The molecular weight excluding hydrogens is 264 g/mol. The van der Waals surface area contributed by atoms with Crippen LogP contribution < -0.4 is 10.6 Å². The Balaban J connectivity index is 2.10. The molecule has 0 fully saturated rings. The first-order valence-corrected chi connectivity index (χ1v) is 7.49. The van der Waals surface area contributed by atoms with Crippen LogP contribution in [0.1, 0.15) is 44.5 Å². The number of imidazole rings is 1. The predicted octanol–water partition coefficient (Wildman–Crippen LogP) is 2.91. The van der Waals surface area contributed by atoms with Crippen LogP contribution in [-0.4, -0.2) is 22.1 Å². The van der Waals surface area contributed by atoms with E-state index in [4.69, 9.17) is 0 Å². The molecule has 0 atom stereocenters. The van der Waals surface area contributed by atoms with Crippen molar-refractivity contribution < 1.29 is 4.79 Å². The van der Waals surface area contributed by atoms with Gasteiger partial charge in [-0.15, -0.1) is 0 Å². The van der Waals surface area contributed by atoms with Crippen molar-refractivity contribution in [3.63, 3.8) is 0 Å². The Hall–Kier alpha value is -2.04. The largest absolute Gasteiger partial charge is 0.338 e. The molecule has 114 valence electrons. The van der Waals surface area contributed by atoms with E-state index in [0.29, 0.717) is 19.0 Å². The van der Waals surface area contributed by atoms with Crippen LogP contribution in [0, 0.1) is 0 Å². The molecule has 2 rings (SSSR count). The number of carbonyl (C=O) groups is 1. The first-order chi connectivity index (χ1) is 10.0. The van der Waals surface area contributed by atoms with Crippen molar-refractivity contribution in [1.29, 1.82) is 0 Å². The van der Waals surface area contributed by atoms with Crippen LogP contribution in [0.2, 0.25) is 0 Å². The van der Waals surface area contributed by atoms with E-state index < -0.39 is 0 Å². The summed E-state index contributed by atoms with van der Waals surface area (Å²) in [6.45, 7) is 7.52. The van der Waals surface area contributed by atoms with E-state index in [-0.39, 0.29) is 6.03 Å². The first kappa shape index (κ1) is 15.4. The van der Waals surface area contributed by atoms with Crippen LogP contribution in [0.4, 0.5) is 4.79 Å². The molecule has 0 spiro atoms. The van der Waals surface area contributed by atoms with Gasteiger partial charge in [0.1, 0.15) is 5.82 Å². The van der Waals surface area contributed by atoms with Crippen molar-refractivity contribution >= 4 is 17.1 Å². The average molecular weight is 288 g/mol. The molecule has 0 aliphatic heterocycles. The van der Waals surface area contributed by atoms with E-state index in [0.717, 1.165) is 28.8 Å². The number of hydrogen-bond acceptors (Lipinski definition) is 2. The summed E-state index contributed by atoms with van der Waals surface area (Å²) in [5.41, 5.74) is 3.16. The van der Waals surface area contributed by atoms with Crippen LogP contribution in [0.3, 0.4) is 0 Å². The number of benzene rings is 1. The molecule has 1 heterocycles. The molecule has 0 unspecified atom stereocenters. The molecule has 0 saturated carbocycles. The number of nitrogens with one attached hydrogen (secondary N) is 2. The Morgan fingerprint density at radius 2 is 2.10 bits per heavy atom. The van der Waals surface area contributed by atoms with Crippen molar-refractivity contribution in [2.45, 2.75) is 39.7 Å². The maximum absolute atomic E-state index is 11.5. The van der Waals surface area contributed by atoms with E-state index in [1.165, 1.54) is 0 Å². The average Bonchev–Trinajstić information content (AvgIpc) is 2.80. The molecule has 0 saturated heterocycles. The third-order valence-electron chi connectivity index (χ3n) is 3.48. The summed E-state index contributed by atoms with van der Waals surface area (Å²) in [6.07, 6.45) is 0.936. The zero-order valence-electron chi connectivity index (χ0n) is 13.2. The van der Waals surface area contributed by atoms with Crippen LogP contribution in [0.25, 0.3) is 11.0 Å². The zero-order chi connectivity index (χ0) is 15.4.